The molecule has 164 valence electrons. The molecule has 1 aliphatic rings. The minimum absolute atomic E-state index is 0.0207. The second-order valence-corrected chi connectivity index (χ2v) is 8.02. The van der Waals surface area contributed by atoms with E-state index in [-0.39, 0.29) is 22.0 Å². The molecule has 0 aliphatic carbocycles. The summed E-state index contributed by atoms with van der Waals surface area (Å²) in [7, 11) is 2.77. The van der Waals surface area contributed by atoms with Crippen LogP contribution in [0.5, 0.6) is 11.5 Å². The van der Waals surface area contributed by atoms with Crippen molar-refractivity contribution < 1.29 is 28.6 Å². The van der Waals surface area contributed by atoms with Gasteiger partial charge in [0.2, 0.25) is 5.13 Å². The van der Waals surface area contributed by atoms with Gasteiger partial charge in [0.1, 0.15) is 22.6 Å². The Balaban J connectivity index is 1.97. The molecule has 2 heterocycles. The number of hydrogen-bond donors (Lipinski definition) is 1. The van der Waals surface area contributed by atoms with E-state index >= 15 is 0 Å². The van der Waals surface area contributed by atoms with Crippen molar-refractivity contribution in [2.45, 2.75) is 13.0 Å². The molecule has 1 N–H and O–H groups in total. The van der Waals surface area contributed by atoms with Gasteiger partial charge in [0.25, 0.3) is 5.78 Å². The first-order chi connectivity index (χ1) is 15.4. The fraction of sp³-hybridized carbons (Fsp3) is 0.182. The lowest BCUT2D eigenvalue weighted by Crippen LogP contribution is -2.29. The third kappa shape index (κ3) is 3.48. The number of rotatable bonds is 5. The average molecular weight is 455 g/mol. The highest BCUT2D eigenvalue weighted by molar-refractivity contribution is 7.15. The quantitative estimate of drug-likeness (QED) is 0.356. The molecule has 1 atom stereocenters. The molecule has 32 heavy (non-hydrogen) atoms. The van der Waals surface area contributed by atoms with Crippen molar-refractivity contribution in [1.82, 2.24) is 10.2 Å². The summed E-state index contributed by atoms with van der Waals surface area (Å²) in [5.41, 5.74) is 0.268. The topological polar surface area (TPSA) is 102 Å². The smallest absolute Gasteiger partial charge is 0.301 e. The number of ketones is 1. The molecule has 0 bridgehead atoms. The number of carbonyl (C=O) groups excluding carboxylic acids is 2. The first kappa shape index (κ1) is 21.4. The normalized spacial score (nSPS) is 17.6. The van der Waals surface area contributed by atoms with Crippen LogP contribution in [-0.4, -0.2) is 41.2 Å². The SMILES string of the molecule is COc1ccc(/C(O)=C2\C(=O)C(=O)N(c3nnc(C)s3)[C@H]2c2ccccc2OC)cc1F. The van der Waals surface area contributed by atoms with Crippen LogP contribution in [0.3, 0.4) is 0 Å². The molecule has 2 aromatic carbocycles. The average Bonchev–Trinajstić information content (AvgIpc) is 3.33. The zero-order valence-electron chi connectivity index (χ0n) is 17.3. The fourth-order valence-corrected chi connectivity index (χ4v) is 4.28. The Hall–Kier alpha value is -3.79. The van der Waals surface area contributed by atoms with Gasteiger partial charge < -0.3 is 14.6 Å². The Kier molecular flexibility index (Phi) is 5.62. The number of aromatic nitrogens is 2. The van der Waals surface area contributed by atoms with E-state index in [0.29, 0.717) is 16.3 Å². The number of amides is 1. The molecule has 0 saturated carbocycles. The van der Waals surface area contributed by atoms with E-state index in [9.17, 15) is 19.1 Å². The number of aliphatic hydroxyl groups excluding tert-OH is 1. The number of anilines is 1. The van der Waals surface area contributed by atoms with Gasteiger partial charge >= 0.3 is 5.91 Å². The van der Waals surface area contributed by atoms with Crippen molar-refractivity contribution in [2.75, 3.05) is 19.1 Å². The minimum atomic E-state index is -1.05. The molecule has 10 heteroatoms. The summed E-state index contributed by atoms with van der Waals surface area (Å²) < 4.78 is 24.6. The van der Waals surface area contributed by atoms with Crippen LogP contribution in [0.2, 0.25) is 0 Å². The number of ether oxygens (including phenoxy) is 2. The molecule has 1 fully saturated rings. The van der Waals surface area contributed by atoms with Gasteiger partial charge in [0.05, 0.1) is 19.8 Å². The van der Waals surface area contributed by atoms with Crippen molar-refractivity contribution in [2.24, 2.45) is 0 Å². The maximum absolute atomic E-state index is 14.3. The van der Waals surface area contributed by atoms with Gasteiger partial charge in [-0.3, -0.25) is 14.5 Å². The van der Waals surface area contributed by atoms with Gasteiger partial charge in [-0.15, -0.1) is 10.2 Å². The molecule has 3 aromatic rings. The molecule has 0 unspecified atom stereocenters. The fourth-order valence-electron chi connectivity index (χ4n) is 3.57. The monoisotopic (exact) mass is 455 g/mol. The Bertz CT molecular complexity index is 1260. The second kappa shape index (κ2) is 8.39. The number of aliphatic hydroxyl groups is 1. The van der Waals surface area contributed by atoms with Gasteiger partial charge in [0, 0.05) is 11.1 Å². The lowest BCUT2D eigenvalue weighted by molar-refractivity contribution is -0.132. The number of methoxy groups -OCH3 is 2. The van der Waals surface area contributed by atoms with E-state index < -0.39 is 29.3 Å². The number of carbonyl (C=O) groups is 2. The van der Waals surface area contributed by atoms with E-state index in [1.165, 1.54) is 31.3 Å². The Morgan fingerprint density at radius 1 is 1.09 bits per heavy atom. The number of aryl methyl sites for hydroxylation is 1. The van der Waals surface area contributed by atoms with Gasteiger partial charge in [-0.05, 0) is 31.2 Å². The van der Waals surface area contributed by atoms with Crippen LogP contribution in [0, 0.1) is 12.7 Å². The van der Waals surface area contributed by atoms with Crippen molar-refractivity contribution in [3.63, 3.8) is 0 Å². The molecular formula is C22H18FN3O5S. The van der Waals surface area contributed by atoms with Gasteiger partial charge in [-0.1, -0.05) is 29.5 Å². The third-order valence-electron chi connectivity index (χ3n) is 5.02. The van der Waals surface area contributed by atoms with Crippen LogP contribution in [0.1, 0.15) is 22.2 Å². The Labute approximate surface area is 186 Å². The summed E-state index contributed by atoms with van der Waals surface area (Å²) >= 11 is 1.13. The molecule has 1 saturated heterocycles. The Morgan fingerprint density at radius 3 is 2.44 bits per heavy atom. The van der Waals surface area contributed by atoms with Crippen molar-refractivity contribution in [3.8, 4) is 11.5 Å². The van der Waals surface area contributed by atoms with Gasteiger partial charge in [-0.2, -0.15) is 0 Å². The first-order valence-electron chi connectivity index (χ1n) is 9.45. The van der Waals surface area contributed by atoms with Crippen LogP contribution < -0.4 is 14.4 Å². The number of halogens is 1. The third-order valence-corrected chi connectivity index (χ3v) is 5.86. The highest BCUT2D eigenvalue weighted by atomic mass is 32.1. The molecule has 0 radical (unpaired) electrons. The standard InChI is InChI=1S/C22H18FN3O5S/c1-11-24-25-22(32-11)26-18(13-6-4-5-7-15(13)30-2)17(20(28)21(26)29)19(27)12-8-9-16(31-3)14(23)10-12/h4-10,18,27H,1-3H3/b19-17+/t18-/m0/s1. The predicted octanol–water partition coefficient (Wildman–Crippen LogP) is 3.63. The van der Waals surface area contributed by atoms with E-state index in [0.717, 1.165) is 17.4 Å². The van der Waals surface area contributed by atoms with Crippen LogP contribution in [0.25, 0.3) is 5.76 Å². The Morgan fingerprint density at radius 2 is 1.81 bits per heavy atom. The van der Waals surface area contributed by atoms with Crippen molar-refractivity contribution in [1.29, 1.82) is 0 Å². The molecule has 0 spiro atoms. The number of para-hydroxylation sites is 1. The summed E-state index contributed by atoms with van der Waals surface area (Å²) in [6.07, 6.45) is 0. The van der Waals surface area contributed by atoms with Crippen molar-refractivity contribution >= 4 is 33.9 Å². The summed E-state index contributed by atoms with van der Waals surface area (Å²) in [6, 6.07) is 9.52. The summed E-state index contributed by atoms with van der Waals surface area (Å²) in [5, 5.41) is 19.8. The molecule has 4 rings (SSSR count). The molecular weight excluding hydrogens is 437 g/mol. The maximum atomic E-state index is 14.3. The van der Waals surface area contributed by atoms with Crippen LogP contribution >= 0.6 is 11.3 Å². The number of benzene rings is 2. The maximum Gasteiger partial charge on any atom is 0.301 e. The van der Waals surface area contributed by atoms with E-state index in [1.54, 1.807) is 31.2 Å². The van der Waals surface area contributed by atoms with Gasteiger partial charge in [0.15, 0.2) is 11.6 Å². The number of nitrogens with zero attached hydrogens (tertiary/aromatic N) is 3. The largest absolute Gasteiger partial charge is 0.507 e. The number of Topliss-reactive ketones (excluding diaryl/α,β-unsaturated/α-hetero) is 1. The highest BCUT2D eigenvalue weighted by Gasteiger charge is 2.49. The lowest BCUT2D eigenvalue weighted by Gasteiger charge is -2.24. The summed E-state index contributed by atoms with van der Waals surface area (Å²) in [4.78, 5) is 27.3. The summed E-state index contributed by atoms with van der Waals surface area (Å²) in [5.74, 6) is -2.68. The summed E-state index contributed by atoms with van der Waals surface area (Å²) in [6.45, 7) is 1.72. The van der Waals surface area contributed by atoms with E-state index in [2.05, 4.69) is 10.2 Å². The van der Waals surface area contributed by atoms with E-state index in [1.807, 2.05) is 0 Å². The first-order valence-corrected chi connectivity index (χ1v) is 10.3. The predicted molar refractivity (Wildman–Crippen MR) is 115 cm³/mol. The number of hydrogen-bond acceptors (Lipinski definition) is 8. The van der Waals surface area contributed by atoms with E-state index in [4.69, 9.17) is 9.47 Å². The van der Waals surface area contributed by atoms with Crippen LogP contribution in [-0.2, 0) is 9.59 Å². The second-order valence-electron chi connectivity index (χ2n) is 6.86. The van der Waals surface area contributed by atoms with Crippen LogP contribution in [0.15, 0.2) is 48.0 Å². The molecule has 1 aliphatic heterocycles. The van der Waals surface area contributed by atoms with Crippen molar-refractivity contribution in [3.05, 3.63) is 70.0 Å². The van der Waals surface area contributed by atoms with Crippen LogP contribution in [0.4, 0.5) is 9.52 Å². The minimum Gasteiger partial charge on any atom is -0.507 e. The highest BCUT2D eigenvalue weighted by Crippen LogP contribution is 2.45. The van der Waals surface area contributed by atoms with Gasteiger partial charge in [-0.25, -0.2) is 4.39 Å². The molecule has 1 amide bonds. The zero-order chi connectivity index (χ0) is 23.0. The molecule has 8 nitrogen and oxygen atoms in total. The zero-order valence-corrected chi connectivity index (χ0v) is 18.1. The lowest BCUT2D eigenvalue weighted by atomic mass is 9.94. The molecule has 1 aromatic heterocycles.